The topological polar surface area (TPSA) is 53.8 Å². The molecule has 0 fully saturated rings. The van der Waals surface area contributed by atoms with Gasteiger partial charge in [0, 0.05) is 18.0 Å². The number of fused-ring (bicyclic) bond motifs is 1. The van der Waals surface area contributed by atoms with E-state index in [1.54, 1.807) is 12.1 Å². The van der Waals surface area contributed by atoms with Gasteiger partial charge in [0.2, 0.25) is 5.91 Å². The summed E-state index contributed by atoms with van der Waals surface area (Å²) < 4.78 is 13.0. The van der Waals surface area contributed by atoms with Crippen LogP contribution in [0, 0.1) is 5.82 Å². The zero-order chi connectivity index (χ0) is 21.6. The maximum Gasteiger partial charge on any atom is 0.230 e. The molecule has 0 aromatic heterocycles. The molecular formula is C24H19ClFN3OS. The zero-order valence-corrected chi connectivity index (χ0v) is 18.1. The maximum atomic E-state index is 13.0. The van der Waals surface area contributed by atoms with E-state index in [0.717, 1.165) is 33.3 Å². The molecule has 1 amide bonds. The van der Waals surface area contributed by atoms with Crippen LogP contribution in [0.1, 0.15) is 17.5 Å². The minimum atomic E-state index is -0.296. The van der Waals surface area contributed by atoms with Crippen molar-refractivity contribution in [3.8, 4) is 0 Å². The summed E-state index contributed by atoms with van der Waals surface area (Å²) in [5.74, 6) is -0.175. The Morgan fingerprint density at radius 3 is 2.35 bits per heavy atom. The summed E-state index contributed by atoms with van der Waals surface area (Å²) in [6.07, 6.45) is 0.520. The van der Waals surface area contributed by atoms with Crippen LogP contribution in [0.4, 0.5) is 15.8 Å². The molecule has 3 aromatic rings. The molecule has 0 saturated carbocycles. The van der Waals surface area contributed by atoms with E-state index < -0.39 is 0 Å². The Hall–Kier alpha value is -2.96. The van der Waals surface area contributed by atoms with Crippen LogP contribution in [0.2, 0.25) is 5.02 Å². The number of para-hydroxylation sites is 2. The molecule has 0 unspecified atom stereocenters. The van der Waals surface area contributed by atoms with E-state index in [0.29, 0.717) is 18.0 Å². The van der Waals surface area contributed by atoms with Gasteiger partial charge in [-0.2, -0.15) is 0 Å². The lowest BCUT2D eigenvalue weighted by molar-refractivity contribution is -0.118. The van der Waals surface area contributed by atoms with Crippen LogP contribution in [0.3, 0.4) is 0 Å². The second-order valence-corrected chi connectivity index (χ2v) is 8.41. The van der Waals surface area contributed by atoms with Gasteiger partial charge in [0.1, 0.15) is 5.82 Å². The van der Waals surface area contributed by atoms with Gasteiger partial charge in [0.15, 0.2) is 0 Å². The maximum absolute atomic E-state index is 13.0. The summed E-state index contributed by atoms with van der Waals surface area (Å²) in [5.41, 5.74) is 4.26. The quantitative estimate of drug-likeness (QED) is 0.510. The second kappa shape index (κ2) is 9.90. The molecule has 0 radical (unpaired) electrons. The Balaban J connectivity index is 1.45. The fraction of sp³-hybridized carbons (Fsp3) is 0.125. The van der Waals surface area contributed by atoms with Crippen molar-refractivity contribution in [1.82, 2.24) is 5.32 Å². The molecule has 4 nitrogen and oxygen atoms in total. The molecular weight excluding hydrogens is 433 g/mol. The lowest BCUT2D eigenvalue weighted by atomic mass is 10.1. The highest BCUT2D eigenvalue weighted by atomic mass is 35.5. The van der Waals surface area contributed by atoms with Gasteiger partial charge in [-0.05, 0) is 47.5 Å². The van der Waals surface area contributed by atoms with Crippen LogP contribution in [0.5, 0.6) is 0 Å². The predicted octanol–water partition coefficient (Wildman–Crippen LogP) is 6.08. The average molecular weight is 452 g/mol. The van der Waals surface area contributed by atoms with Crippen LogP contribution in [-0.2, 0) is 11.3 Å². The molecule has 1 N–H and O–H groups in total. The largest absolute Gasteiger partial charge is 0.351 e. The molecule has 156 valence electrons. The molecule has 3 aromatic carbocycles. The predicted molar refractivity (Wildman–Crippen MR) is 127 cm³/mol. The molecule has 1 heterocycles. The number of halogens is 2. The third kappa shape index (κ3) is 5.81. The van der Waals surface area contributed by atoms with Crippen molar-refractivity contribution in [2.75, 3.05) is 5.75 Å². The SMILES string of the molecule is O=C(CSC1=Nc2ccccc2N=C(c2ccc(Cl)cc2)C1)NCc1ccc(F)cc1. The molecule has 0 bridgehead atoms. The number of hydrogen-bond acceptors (Lipinski definition) is 4. The van der Waals surface area contributed by atoms with Crippen molar-refractivity contribution in [3.63, 3.8) is 0 Å². The molecule has 31 heavy (non-hydrogen) atoms. The molecule has 0 aliphatic carbocycles. The third-order valence-electron chi connectivity index (χ3n) is 4.65. The number of benzene rings is 3. The van der Waals surface area contributed by atoms with Crippen LogP contribution in [0.15, 0.2) is 82.8 Å². The van der Waals surface area contributed by atoms with Gasteiger partial charge in [-0.15, -0.1) is 11.8 Å². The minimum absolute atomic E-state index is 0.112. The first-order valence-corrected chi connectivity index (χ1v) is 11.1. The van der Waals surface area contributed by atoms with Gasteiger partial charge >= 0.3 is 0 Å². The van der Waals surface area contributed by atoms with Gasteiger partial charge in [0.25, 0.3) is 0 Å². The van der Waals surface area contributed by atoms with Crippen molar-refractivity contribution in [2.24, 2.45) is 9.98 Å². The number of carbonyl (C=O) groups is 1. The highest BCUT2D eigenvalue weighted by molar-refractivity contribution is 8.14. The summed E-state index contributed by atoms with van der Waals surface area (Å²) >= 11 is 7.42. The number of carbonyl (C=O) groups excluding carboxylic acids is 1. The summed E-state index contributed by atoms with van der Waals surface area (Å²) in [4.78, 5) is 21.9. The number of amides is 1. The summed E-state index contributed by atoms with van der Waals surface area (Å²) in [6.45, 7) is 0.354. The van der Waals surface area contributed by atoms with E-state index >= 15 is 0 Å². The molecule has 0 saturated heterocycles. The van der Waals surface area contributed by atoms with Crippen molar-refractivity contribution < 1.29 is 9.18 Å². The van der Waals surface area contributed by atoms with E-state index in [-0.39, 0.29) is 17.5 Å². The lowest BCUT2D eigenvalue weighted by Crippen LogP contribution is -2.25. The first-order chi connectivity index (χ1) is 15.1. The summed E-state index contributed by atoms with van der Waals surface area (Å²) in [7, 11) is 0. The number of hydrogen-bond donors (Lipinski definition) is 1. The van der Waals surface area contributed by atoms with E-state index in [9.17, 15) is 9.18 Å². The number of aliphatic imine (C=N–C) groups is 2. The van der Waals surface area contributed by atoms with Gasteiger partial charge in [-0.1, -0.05) is 48.0 Å². The van der Waals surface area contributed by atoms with Gasteiger partial charge in [0.05, 0.1) is 27.9 Å². The molecule has 0 atom stereocenters. The normalized spacial score (nSPS) is 13.0. The number of nitrogens with one attached hydrogen (secondary N) is 1. The van der Waals surface area contributed by atoms with E-state index in [2.05, 4.69) is 5.32 Å². The number of nitrogens with zero attached hydrogens (tertiary/aromatic N) is 2. The first kappa shape index (κ1) is 21.3. The van der Waals surface area contributed by atoms with E-state index in [1.807, 2.05) is 48.5 Å². The van der Waals surface area contributed by atoms with Crippen molar-refractivity contribution in [2.45, 2.75) is 13.0 Å². The fourth-order valence-corrected chi connectivity index (χ4v) is 3.98. The Morgan fingerprint density at radius 1 is 0.968 bits per heavy atom. The molecule has 7 heteroatoms. The smallest absolute Gasteiger partial charge is 0.230 e. The second-order valence-electron chi connectivity index (χ2n) is 6.93. The van der Waals surface area contributed by atoms with E-state index in [1.165, 1.54) is 23.9 Å². The summed E-state index contributed by atoms with van der Waals surface area (Å²) in [6, 6.07) is 21.3. The monoisotopic (exact) mass is 451 g/mol. The standard InChI is InChI=1S/C24H19ClFN3OS/c25-18-9-7-17(8-10-18)22-13-24(29-21-4-2-1-3-20(21)28-22)31-15-23(30)27-14-16-5-11-19(26)12-6-16/h1-12H,13-15H2,(H,27,30). The van der Waals surface area contributed by atoms with Gasteiger partial charge < -0.3 is 5.32 Å². The molecule has 4 rings (SSSR count). The molecule has 1 aliphatic rings. The Labute approximate surface area is 189 Å². The van der Waals surface area contributed by atoms with Crippen LogP contribution >= 0.6 is 23.4 Å². The van der Waals surface area contributed by atoms with Crippen LogP contribution in [-0.4, -0.2) is 22.4 Å². The average Bonchev–Trinajstić information content (AvgIpc) is 2.97. The first-order valence-electron chi connectivity index (χ1n) is 9.71. The van der Waals surface area contributed by atoms with Crippen molar-refractivity contribution in [3.05, 3.63) is 94.8 Å². The number of rotatable bonds is 5. The zero-order valence-electron chi connectivity index (χ0n) is 16.5. The van der Waals surface area contributed by atoms with Crippen molar-refractivity contribution >= 4 is 51.4 Å². The Bertz CT molecular complexity index is 1140. The lowest BCUT2D eigenvalue weighted by Gasteiger charge is -2.08. The highest BCUT2D eigenvalue weighted by Gasteiger charge is 2.16. The Kier molecular flexibility index (Phi) is 6.79. The van der Waals surface area contributed by atoms with Crippen LogP contribution < -0.4 is 5.32 Å². The Morgan fingerprint density at radius 2 is 1.65 bits per heavy atom. The third-order valence-corrected chi connectivity index (χ3v) is 5.88. The molecule has 0 spiro atoms. The molecule has 1 aliphatic heterocycles. The van der Waals surface area contributed by atoms with Gasteiger partial charge in [-0.25, -0.2) is 9.38 Å². The number of thioether (sulfide) groups is 1. The van der Waals surface area contributed by atoms with E-state index in [4.69, 9.17) is 21.6 Å². The van der Waals surface area contributed by atoms with Crippen molar-refractivity contribution in [1.29, 1.82) is 0 Å². The minimum Gasteiger partial charge on any atom is -0.351 e. The van der Waals surface area contributed by atoms with Crippen LogP contribution in [0.25, 0.3) is 0 Å². The fourth-order valence-electron chi connectivity index (χ4n) is 3.05. The summed E-state index contributed by atoms with van der Waals surface area (Å²) in [5, 5.41) is 4.34. The van der Waals surface area contributed by atoms with Gasteiger partial charge in [-0.3, -0.25) is 9.79 Å². The highest BCUT2D eigenvalue weighted by Crippen LogP contribution is 2.33.